The highest BCUT2D eigenvalue weighted by atomic mass is 16.4. The van der Waals surface area contributed by atoms with E-state index in [1.165, 1.54) is 0 Å². The number of nitrogens with two attached hydrogens (primary N) is 1. The quantitative estimate of drug-likeness (QED) is 0.519. The summed E-state index contributed by atoms with van der Waals surface area (Å²) in [5.41, 5.74) is 4.76. The van der Waals surface area contributed by atoms with E-state index in [0.29, 0.717) is 6.42 Å². The smallest absolute Gasteiger partial charge is 0.324 e. The van der Waals surface area contributed by atoms with E-state index in [0.717, 1.165) is 12.8 Å². The van der Waals surface area contributed by atoms with Gasteiger partial charge in [-0.1, -0.05) is 0 Å². The second-order valence-electron chi connectivity index (χ2n) is 3.23. The molecular weight excluding hydrogens is 118 g/mol. The highest BCUT2D eigenvalue weighted by Crippen LogP contribution is 2.71. The Balaban J connectivity index is 2.21. The van der Waals surface area contributed by atoms with E-state index in [4.69, 9.17) is 10.8 Å². The number of aliphatic carboxylic acids is 1. The summed E-state index contributed by atoms with van der Waals surface area (Å²) in [5, 5.41) is 8.56. The average molecular weight is 127 g/mol. The zero-order chi connectivity index (χ0) is 6.70. The van der Waals surface area contributed by atoms with Crippen molar-refractivity contribution >= 4 is 5.97 Å². The SMILES string of the molecule is N[C@]1(C(=O)O)CC12CC2. The third kappa shape index (κ3) is 0.399. The molecule has 0 unspecified atom stereocenters. The molecule has 2 aliphatic rings. The minimum absolute atomic E-state index is 0.0544. The highest BCUT2D eigenvalue weighted by Gasteiger charge is 2.76. The summed E-state index contributed by atoms with van der Waals surface area (Å²) in [6.45, 7) is 0. The standard InChI is InChI=1S/C6H9NO2/c7-6(4(8)9)3-5(6)1-2-5/h1-3,7H2,(H,8,9)/t6-/m0/s1. The van der Waals surface area contributed by atoms with Crippen LogP contribution in [0.4, 0.5) is 0 Å². The van der Waals surface area contributed by atoms with Crippen LogP contribution in [0.2, 0.25) is 0 Å². The molecule has 0 aliphatic heterocycles. The molecule has 50 valence electrons. The third-order valence-corrected chi connectivity index (χ3v) is 2.67. The molecule has 0 radical (unpaired) electrons. The van der Waals surface area contributed by atoms with Crippen LogP contribution < -0.4 is 5.73 Å². The van der Waals surface area contributed by atoms with Crippen molar-refractivity contribution < 1.29 is 9.90 Å². The number of hydrogen-bond acceptors (Lipinski definition) is 2. The summed E-state index contributed by atoms with van der Waals surface area (Å²) in [6.07, 6.45) is 2.75. The van der Waals surface area contributed by atoms with Crippen LogP contribution in [0.15, 0.2) is 0 Å². The maximum Gasteiger partial charge on any atom is 0.324 e. The van der Waals surface area contributed by atoms with Crippen molar-refractivity contribution in [2.45, 2.75) is 24.8 Å². The molecule has 0 amide bonds. The summed E-state index contributed by atoms with van der Waals surface area (Å²) in [6, 6.07) is 0. The van der Waals surface area contributed by atoms with Crippen molar-refractivity contribution in [3.05, 3.63) is 0 Å². The maximum absolute atomic E-state index is 10.4. The van der Waals surface area contributed by atoms with Crippen LogP contribution in [0.3, 0.4) is 0 Å². The number of carboxylic acids is 1. The fourth-order valence-electron chi connectivity index (χ4n) is 1.57. The zero-order valence-electron chi connectivity index (χ0n) is 5.05. The lowest BCUT2D eigenvalue weighted by molar-refractivity contribution is -0.140. The van der Waals surface area contributed by atoms with Crippen LogP contribution in [-0.2, 0) is 4.79 Å². The second kappa shape index (κ2) is 1.01. The van der Waals surface area contributed by atoms with E-state index < -0.39 is 11.5 Å². The number of carbonyl (C=O) groups is 1. The molecule has 3 N–H and O–H groups in total. The van der Waals surface area contributed by atoms with Gasteiger partial charge in [0.1, 0.15) is 5.54 Å². The fourth-order valence-corrected chi connectivity index (χ4v) is 1.57. The summed E-state index contributed by atoms with van der Waals surface area (Å²) >= 11 is 0. The van der Waals surface area contributed by atoms with Gasteiger partial charge in [-0.05, 0) is 19.3 Å². The molecule has 1 spiro atoms. The zero-order valence-corrected chi connectivity index (χ0v) is 5.05. The molecule has 0 saturated heterocycles. The van der Waals surface area contributed by atoms with Gasteiger partial charge in [-0.2, -0.15) is 0 Å². The normalized spacial score (nSPS) is 42.8. The Morgan fingerprint density at radius 2 is 2.11 bits per heavy atom. The van der Waals surface area contributed by atoms with E-state index in [2.05, 4.69) is 0 Å². The predicted octanol–water partition coefficient (Wildman–Crippen LogP) is -0.0476. The van der Waals surface area contributed by atoms with E-state index in [1.807, 2.05) is 0 Å². The molecule has 2 fully saturated rings. The van der Waals surface area contributed by atoms with Crippen molar-refractivity contribution in [3.8, 4) is 0 Å². The average Bonchev–Trinajstić information content (AvgIpc) is 2.56. The van der Waals surface area contributed by atoms with E-state index in [-0.39, 0.29) is 5.41 Å². The van der Waals surface area contributed by atoms with E-state index in [1.54, 1.807) is 0 Å². The predicted molar refractivity (Wildman–Crippen MR) is 30.8 cm³/mol. The largest absolute Gasteiger partial charge is 0.480 e. The summed E-state index contributed by atoms with van der Waals surface area (Å²) in [7, 11) is 0. The molecule has 2 rings (SSSR count). The molecule has 2 aliphatic carbocycles. The van der Waals surface area contributed by atoms with Gasteiger partial charge in [-0.3, -0.25) is 4.79 Å². The molecule has 1 atom stereocenters. The first-order valence-electron chi connectivity index (χ1n) is 3.13. The molecule has 3 heteroatoms. The van der Waals surface area contributed by atoms with Crippen molar-refractivity contribution in [1.82, 2.24) is 0 Å². The number of hydrogen-bond donors (Lipinski definition) is 2. The van der Waals surface area contributed by atoms with Gasteiger partial charge in [0.05, 0.1) is 0 Å². The van der Waals surface area contributed by atoms with Crippen LogP contribution >= 0.6 is 0 Å². The monoisotopic (exact) mass is 127 g/mol. The Labute approximate surface area is 52.8 Å². The molecule has 0 aromatic carbocycles. The van der Waals surface area contributed by atoms with Crippen LogP contribution in [0.5, 0.6) is 0 Å². The Hall–Kier alpha value is -0.570. The fraction of sp³-hybridized carbons (Fsp3) is 0.833. The molecular formula is C6H9NO2. The van der Waals surface area contributed by atoms with E-state index in [9.17, 15) is 4.79 Å². The van der Waals surface area contributed by atoms with Gasteiger partial charge in [-0.15, -0.1) is 0 Å². The number of rotatable bonds is 1. The Kier molecular flexibility index (Phi) is 0.588. The van der Waals surface area contributed by atoms with E-state index >= 15 is 0 Å². The minimum atomic E-state index is -0.826. The molecule has 0 heterocycles. The molecule has 3 nitrogen and oxygen atoms in total. The van der Waals surface area contributed by atoms with Gasteiger partial charge in [0.25, 0.3) is 0 Å². The summed E-state index contributed by atoms with van der Waals surface area (Å²) < 4.78 is 0. The van der Waals surface area contributed by atoms with Gasteiger partial charge in [-0.25, -0.2) is 0 Å². The van der Waals surface area contributed by atoms with Gasteiger partial charge in [0, 0.05) is 5.41 Å². The Morgan fingerprint density at radius 1 is 1.56 bits per heavy atom. The highest BCUT2D eigenvalue weighted by molar-refractivity contribution is 5.85. The van der Waals surface area contributed by atoms with Crippen LogP contribution in [0, 0.1) is 5.41 Å². The lowest BCUT2D eigenvalue weighted by Gasteiger charge is -2.00. The first-order chi connectivity index (χ1) is 4.11. The van der Waals surface area contributed by atoms with Crippen molar-refractivity contribution in [2.75, 3.05) is 0 Å². The molecule has 0 aromatic heterocycles. The lowest BCUT2D eigenvalue weighted by atomic mass is 10.2. The molecule has 2 saturated carbocycles. The second-order valence-corrected chi connectivity index (χ2v) is 3.23. The van der Waals surface area contributed by atoms with Crippen LogP contribution in [-0.4, -0.2) is 16.6 Å². The van der Waals surface area contributed by atoms with Crippen molar-refractivity contribution in [3.63, 3.8) is 0 Å². The van der Waals surface area contributed by atoms with Gasteiger partial charge in [0.15, 0.2) is 0 Å². The van der Waals surface area contributed by atoms with Gasteiger partial charge >= 0.3 is 5.97 Å². The van der Waals surface area contributed by atoms with Gasteiger partial charge < -0.3 is 10.8 Å². The maximum atomic E-state index is 10.4. The van der Waals surface area contributed by atoms with Gasteiger partial charge in [0.2, 0.25) is 0 Å². The van der Waals surface area contributed by atoms with Crippen molar-refractivity contribution in [2.24, 2.45) is 11.1 Å². The summed E-state index contributed by atoms with van der Waals surface area (Å²) in [5.74, 6) is -0.819. The summed E-state index contributed by atoms with van der Waals surface area (Å²) in [4.78, 5) is 10.4. The Morgan fingerprint density at radius 3 is 2.22 bits per heavy atom. The minimum Gasteiger partial charge on any atom is -0.480 e. The first-order valence-corrected chi connectivity index (χ1v) is 3.13. The lowest BCUT2D eigenvalue weighted by Crippen LogP contribution is -2.35. The topological polar surface area (TPSA) is 63.3 Å². The molecule has 9 heavy (non-hydrogen) atoms. The Bertz CT molecular complexity index is 185. The van der Waals surface area contributed by atoms with Crippen LogP contribution in [0.25, 0.3) is 0 Å². The molecule has 0 aromatic rings. The first kappa shape index (κ1) is 5.23. The molecule has 0 bridgehead atoms. The van der Waals surface area contributed by atoms with Crippen LogP contribution in [0.1, 0.15) is 19.3 Å². The van der Waals surface area contributed by atoms with Crippen molar-refractivity contribution in [1.29, 1.82) is 0 Å². The number of carboxylic acid groups (broad SMARTS) is 1. The third-order valence-electron chi connectivity index (χ3n) is 2.67.